The maximum atomic E-state index is 6.59. The van der Waals surface area contributed by atoms with Gasteiger partial charge in [0.25, 0.3) is 0 Å². The summed E-state index contributed by atoms with van der Waals surface area (Å²) in [5.74, 6) is 2.01. The molecule has 2 aromatic heterocycles. The monoisotopic (exact) mass is 419 g/mol. The highest BCUT2D eigenvalue weighted by Gasteiger charge is 2.42. The third-order valence-electron chi connectivity index (χ3n) is 6.36. The van der Waals surface area contributed by atoms with Crippen molar-refractivity contribution in [2.75, 3.05) is 19.0 Å². The summed E-state index contributed by atoms with van der Waals surface area (Å²) in [7, 11) is 4.11. The molecule has 154 valence electrons. The second-order valence-electron chi connectivity index (χ2n) is 8.94. The highest BCUT2D eigenvalue weighted by Crippen LogP contribution is 2.45. The molecule has 0 unspecified atom stereocenters. The normalized spacial score (nSPS) is 21.0. The van der Waals surface area contributed by atoms with Gasteiger partial charge in [0.2, 0.25) is 0 Å². The minimum atomic E-state index is -0.120. The van der Waals surface area contributed by atoms with Gasteiger partial charge in [-0.3, -0.25) is 0 Å². The van der Waals surface area contributed by atoms with Crippen LogP contribution in [0.15, 0.2) is 71.7 Å². The number of hydrogen-bond donors (Lipinski definition) is 0. The fourth-order valence-corrected chi connectivity index (χ4v) is 4.79. The molecule has 2 aromatic rings. The van der Waals surface area contributed by atoms with E-state index in [1.807, 2.05) is 36.7 Å². The topological polar surface area (TPSA) is 32.0 Å². The second kappa shape index (κ2) is 7.21. The predicted octanol–water partition coefficient (Wildman–Crippen LogP) is 5.47. The van der Waals surface area contributed by atoms with Gasteiger partial charge in [0, 0.05) is 35.0 Å². The highest BCUT2D eigenvalue weighted by molar-refractivity contribution is 6.31. The highest BCUT2D eigenvalue weighted by atomic mass is 35.5. The number of hydrogen-bond acceptors (Lipinski definition) is 3. The van der Waals surface area contributed by atoms with Crippen LogP contribution >= 0.6 is 11.6 Å². The van der Waals surface area contributed by atoms with E-state index in [2.05, 4.69) is 85.5 Å². The fourth-order valence-electron chi connectivity index (χ4n) is 4.66. The third-order valence-corrected chi connectivity index (χ3v) is 6.61. The van der Waals surface area contributed by atoms with Crippen molar-refractivity contribution >= 4 is 28.9 Å². The molecule has 0 fully saturated rings. The number of rotatable bonds is 3. The number of pyridine rings is 2. The molecule has 2 aliphatic rings. The summed E-state index contributed by atoms with van der Waals surface area (Å²) in [4.78, 5) is 11.2. The van der Waals surface area contributed by atoms with E-state index in [1.54, 1.807) is 0 Å². The van der Waals surface area contributed by atoms with Gasteiger partial charge >= 0.3 is 5.82 Å². The van der Waals surface area contributed by atoms with Crippen molar-refractivity contribution < 1.29 is 4.58 Å². The van der Waals surface area contributed by atoms with Crippen LogP contribution in [0.4, 0.5) is 11.6 Å². The van der Waals surface area contributed by atoms with Gasteiger partial charge in [0.1, 0.15) is 17.7 Å². The van der Waals surface area contributed by atoms with Crippen molar-refractivity contribution in [2.24, 2.45) is 0 Å². The van der Waals surface area contributed by atoms with Gasteiger partial charge in [-0.05, 0) is 61.3 Å². The van der Waals surface area contributed by atoms with Gasteiger partial charge in [-0.1, -0.05) is 31.5 Å². The molecule has 0 amide bonds. The van der Waals surface area contributed by atoms with Crippen LogP contribution in [0.5, 0.6) is 0 Å². The lowest BCUT2D eigenvalue weighted by molar-refractivity contribution is -0.406. The lowest BCUT2D eigenvalue weighted by Crippen LogP contribution is -2.26. The zero-order valence-electron chi connectivity index (χ0n) is 18.4. The van der Waals surface area contributed by atoms with Crippen molar-refractivity contribution in [2.45, 2.75) is 38.5 Å². The van der Waals surface area contributed by atoms with Gasteiger partial charge in [0.05, 0.1) is 18.0 Å². The predicted molar refractivity (Wildman–Crippen MR) is 125 cm³/mol. The number of fused-ring (bicyclic) bond motifs is 2. The van der Waals surface area contributed by atoms with Gasteiger partial charge in [-0.25, -0.2) is 9.56 Å². The minimum Gasteiger partial charge on any atom is -0.332 e. The first-order valence-electron chi connectivity index (χ1n) is 10.2. The molecular formula is C25H28ClN4+. The van der Waals surface area contributed by atoms with Crippen molar-refractivity contribution in [3.05, 3.63) is 82.8 Å². The Morgan fingerprint density at radius 3 is 2.37 bits per heavy atom. The summed E-state index contributed by atoms with van der Waals surface area (Å²) in [6, 6.07) is 8.27. The number of likely N-dealkylation sites (N-methyl/N-ethyl adjacent to an activating group) is 1. The Morgan fingerprint density at radius 1 is 1.03 bits per heavy atom. The molecule has 0 aliphatic carbocycles. The van der Waals surface area contributed by atoms with Crippen LogP contribution in [-0.2, 0) is 10.8 Å². The molecule has 0 atom stereocenters. The van der Waals surface area contributed by atoms with Crippen molar-refractivity contribution in [1.82, 2.24) is 9.97 Å². The molecule has 30 heavy (non-hydrogen) atoms. The van der Waals surface area contributed by atoms with E-state index in [0.717, 1.165) is 11.6 Å². The quantitative estimate of drug-likeness (QED) is 0.488. The van der Waals surface area contributed by atoms with Gasteiger partial charge in [-0.15, -0.1) is 0 Å². The van der Waals surface area contributed by atoms with Crippen LogP contribution in [0.2, 0.25) is 0 Å². The van der Waals surface area contributed by atoms with E-state index >= 15 is 0 Å². The molecule has 0 bridgehead atoms. The maximum Gasteiger partial charge on any atom is 0.327 e. The molecule has 0 aromatic carbocycles. The van der Waals surface area contributed by atoms with E-state index < -0.39 is 0 Å². The summed E-state index contributed by atoms with van der Waals surface area (Å²) in [6.45, 7) is 8.88. The minimum absolute atomic E-state index is 0.120. The number of anilines is 1. The summed E-state index contributed by atoms with van der Waals surface area (Å²) in [5, 5.41) is 0.677. The lowest BCUT2D eigenvalue weighted by atomic mass is 9.82. The summed E-state index contributed by atoms with van der Waals surface area (Å²) >= 11 is 6.59. The first kappa shape index (κ1) is 20.5. The third kappa shape index (κ3) is 3.10. The van der Waals surface area contributed by atoms with Crippen molar-refractivity contribution in [1.29, 1.82) is 0 Å². The molecule has 0 saturated heterocycles. The van der Waals surface area contributed by atoms with Gasteiger partial charge in [-0.2, -0.15) is 0 Å². The summed E-state index contributed by atoms with van der Waals surface area (Å²) in [5.41, 5.74) is 4.57. The zero-order chi connectivity index (χ0) is 21.7. The van der Waals surface area contributed by atoms with E-state index in [9.17, 15) is 0 Å². The molecule has 0 radical (unpaired) electrons. The maximum absolute atomic E-state index is 6.59. The van der Waals surface area contributed by atoms with E-state index in [4.69, 9.17) is 11.6 Å². The zero-order valence-corrected chi connectivity index (χ0v) is 19.2. The van der Waals surface area contributed by atoms with Crippen molar-refractivity contribution in [3.8, 4) is 0 Å². The van der Waals surface area contributed by atoms with E-state index in [-0.39, 0.29) is 10.8 Å². The Morgan fingerprint density at radius 2 is 1.70 bits per heavy atom. The Balaban J connectivity index is 1.62. The first-order chi connectivity index (χ1) is 14.2. The smallest absolute Gasteiger partial charge is 0.327 e. The van der Waals surface area contributed by atoms with Gasteiger partial charge < -0.3 is 4.90 Å². The van der Waals surface area contributed by atoms with Crippen LogP contribution < -0.4 is 4.90 Å². The SMILES string of the molecule is CN1C(=CC=C(Cl)C=CC2=[N+](C)c3ncccc3C2(C)C)C(C)(C)c2cccnc21. The van der Waals surface area contributed by atoms with Crippen LogP contribution in [0.1, 0.15) is 38.8 Å². The number of aromatic nitrogens is 2. The Hall–Kier alpha value is -2.72. The summed E-state index contributed by atoms with van der Waals surface area (Å²) in [6.07, 6.45) is 11.8. The van der Waals surface area contributed by atoms with Crippen molar-refractivity contribution in [3.63, 3.8) is 0 Å². The Bertz CT molecular complexity index is 1140. The average molecular weight is 420 g/mol. The number of allylic oxidation sites excluding steroid dienone is 6. The van der Waals surface area contributed by atoms with E-state index in [0.29, 0.717) is 5.03 Å². The number of nitrogens with zero attached hydrogens (tertiary/aromatic N) is 4. The second-order valence-corrected chi connectivity index (χ2v) is 9.38. The lowest BCUT2D eigenvalue weighted by Gasteiger charge is -2.23. The molecule has 4 rings (SSSR count). The molecule has 4 nitrogen and oxygen atoms in total. The van der Waals surface area contributed by atoms with Crippen LogP contribution in [0.25, 0.3) is 0 Å². The Kier molecular flexibility index (Phi) is 4.94. The first-order valence-corrected chi connectivity index (χ1v) is 10.6. The average Bonchev–Trinajstić information content (AvgIpc) is 3.04. The van der Waals surface area contributed by atoms with Crippen LogP contribution in [0, 0.1) is 0 Å². The molecule has 0 saturated carbocycles. The molecular weight excluding hydrogens is 392 g/mol. The van der Waals surface area contributed by atoms with E-state index in [1.165, 1.54) is 22.5 Å². The molecule has 4 heterocycles. The summed E-state index contributed by atoms with van der Waals surface area (Å²) < 4.78 is 2.14. The molecule has 2 aliphatic heterocycles. The molecule has 0 N–H and O–H groups in total. The molecule has 0 spiro atoms. The standard InChI is InChI=1S/C25H28ClN4/c1-24(2)18-9-7-15-27-22(18)29(5)20(24)13-11-17(26)12-14-21-25(3,4)19-10-8-16-28-23(19)30(21)6/h7-16H,1-6H3/q+1. The molecule has 5 heteroatoms. The van der Waals surface area contributed by atoms with Gasteiger partial charge in [0.15, 0.2) is 0 Å². The largest absolute Gasteiger partial charge is 0.332 e. The Labute approximate surface area is 183 Å². The van der Waals surface area contributed by atoms with Crippen LogP contribution in [0.3, 0.4) is 0 Å². The number of halogens is 1. The fraction of sp³-hybridized carbons (Fsp3) is 0.320. The van der Waals surface area contributed by atoms with Crippen LogP contribution in [-0.4, -0.2) is 34.4 Å².